The minimum atomic E-state index is -0.470. The van der Waals surface area contributed by atoms with Crippen molar-refractivity contribution in [1.82, 2.24) is 5.32 Å². The summed E-state index contributed by atoms with van der Waals surface area (Å²) in [5.74, 6) is 0.683. The van der Waals surface area contributed by atoms with Gasteiger partial charge in [-0.15, -0.1) is 11.6 Å². The zero-order valence-electron chi connectivity index (χ0n) is 11.1. The predicted molar refractivity (Wildman–Crippen MR) is 74.1 cm³/mol. The van der Waals surface area contributed by atoms with E-state index >= 15 is 0 Å². The Balaban J connectivity index is 2.68. The average molecular weight is 270 g/mol. The molecule has 0 aromatic heterocycles. The lowest BCUT2D eigenvalue weighted by molar-refractivity contribution is -0.121. The summed E-state index contributed by atoms with van der Waals surface area (Å²) in [5, 5.41) is 2.42. The highest BCUT2D eigenvalue weighted by Crippen LogP contribution is 2.19. The Kier molecular flexibility index (Phi) is 5.99. The first-order chi connectivity index (χ1) is 8.58. The molecule has 0 aliphatic rings. The highest BCUT2D eigenvalue weighted by atomic mass is 35.5. The van der Waals surface area contributed by atoms with Crippen LogP contribution < -0.4 is 10.1 Å². The third-order valence-corrected chi connectivity index (χ3v) is 3.18. The van der Waals surface area contributed by atoms with Crippen molar-refractivity contribution in [2.75, 3.05) is 6.61 Å². The van der Waals surface area contributed by atoms with Crippen LogP contribution in [0.15, 0.2) is 24.3 Å². The number of amides is 1. The molecule has 3 nitrogen and oxygen atoms in total. The highest BCUT2D eigenvalue weighted by Gasteiger charge is 2.16. The van der Waals surface area contributed by atoms with E-state index in [1.54, 1.807) is 0 Å². The van der Waals surface area contributed by atoms with E-state index in [1.807, 2.05) is 45.0 Å². The van der Waals surface area contributed by atoms with Crippen molar-refractivity contribution in [3.63, 3.8) is 0 Å². The molecule has 1 N–H and O–H groups in total. The van der Waals surface area contributed by atoms with E-state index in [1.165, 1.54) is 0 Å². The Morgan fingerprint density at radius 3 is 2.78 bits per heavy atom. The van der Waals surface area contributed by atoms with Crippen LogP contribution in [0.3, 0.4) is 0 Å². The zero-order chi connectivity index (χ0) is 13.5. The molecule has 2 atom stereocenters. The zero-order valence-corrected chi connectivity index (χ0v) is 11.8. The van der Waals surface area contributed by atoms with E-state index in [0.717, 1.165) is 11.3 Å². The molecule has 100 valence electrons. The van der Waals surface area contributed by atoms with Gasteiger partial charge in [-0.25, -0.2) is 0 Å². The monoisotopic (exact) mass is 269 g/mol. The van der Waals surface area contributed by atoms with Gasteiger partial charge in [-0.3, -0.25) is 4.79 Å². The van der Waals surface area contributed by atoms with Gasteiger partial charge < -0.3 is 10.1 Å². The lowest BCUT2D eigenvalue weighted by Crippen LogP contribution is -2.33. The van der Waals surface area contributed by atoms with Gasteiger partial charge in [0.05, 0.1) is 12.6 Å². The van der Waals surface area contributed by atoms with Crippen LogP contribution in [0.4, 0.5) is 0 Å². The predicted octanol–water partition coefficient (Wildman–Crippen LogP) is 3.28. The first-order valence-electron chi connectivity index (χ1n) is 6.25. The summed E-state index contributed by atoms with van der Waals surface area (Å²) in [6, 6.07) is 7.64. The van der Waals surface area contributed by atoms with Crippen molar-refractivity contribution in [1.29, 1.82) is 0 Å². The number of nitrogens with one attached hydrogen (secondary N) is 1. The molecule has 1 amide bonds. The third kappa shape index (κ3) is 4.22. The normalized spacial score (nSPS) is 13.8. The summed E-state index contributed by atoms with van der Waals surface area (Å²) in [6.07, 6.45) is 0.624. The van der Waals surface area contributed by atoms with Crippen molar-refractivity contribution < 1.29 is 9.53 Å². The number of hydrogen-bond acceptors (Lipinski definition) is 2. The maximum absolute atomic E-state index is 11.7. The summed E-state index contributed by atoms with van der Waals surface area (Å²) >= 11 is 5.89. The van der Waals surface area contributed by atoms with Gasteiger partial charge in [-0.05, 0) is 38.0 Å². The standard InChI is InChI=1S/C14H20ClNO2/c1-4-13(15)14(17)16-10(3)11-7-6-8-12(9-11)18-5-2/h6-10,13H,4-5H2,1-3H3,(H,16,17)/t10?,13-/m1/s1. The fourth-order valence-corrected chi connectivity index (χ4v) is 1.68. The number of rotatable bonds is 6. The number of ether oxygens (including phenoxy) is 1. The molecule has 0 heterocycles. The summed E-state index contributed by atoms with van der Waals surface area (Å²) < 4.78 is 5.43. The maximum Gasteiger partial charge on any atom is 0.238 e. The van der Waals surface area contributed by atoms with Crippen molar-refractivity contribution >= 4 is 17.5 Å². The Labute approximate surface area is 113 Å². The van der Waals surface area contributed by atoms with Crippen LogP contribution in [0.1, 0.15) is 38.8 Å². The number of carbonyl (C=O) groups is 1. The van der Waals surface area contributed by atoms with Gasteiger partial charge in [-0.2, -0.15) is 0 Å². The molecule has 0 spiro atoms. The number of carbonyl (C=O) groups excluding carboxylic acids is 1. The van der Waals surface area contributed by atoms with E-state index in [-0.39, 0.29) is 11.9 Å². The minimum absolute atomic E-state index is 0.0780. The lowest BCUT2D eigenvalue weighted by atomic mass is 10.1. The summed E-state index contributed by atoms with van der Waals surface area (Å²) in [7, 11) is 0. The van der Waals surface area contributed by atoms with Crippen LogP contribution in [-0.4, -0.2) is 17.9 Å². The molecule has 0 saturated carbocycles. The van der Waals surface area contributed by atoms with Gasteiger partial charge in [0.15, 0.2) is 0 Å². The molecule has 0 radical (unpaired) electrons. The van der Waals surface area contributed by atoms with Crippen LogP contribution in [0.2, 0.25) is 0 Å². The summed E-state index contributed by atoms with van der Waals surface area (Å²) in [5.41, 5.74) is 1.01. The Morgan fingerprint density at radius 2 is 2.17 bits per heavy atom. The summed E-state index contributed by atoms with van der Waals surface area (Å²) in [6.45, 7) is 6.39. The van der Waals surface area contributed by atoms with Crippen molar-refractivity contribution in [2.24, 2.45) is 0 Å². The molecular weight excluding hydrogens is 250 g/mol. The third-order valence-electron chi connectivity index (χ3n) is 2.67. The molecule has 1 aromatic rings. The highest BCUT2D eigenvalue weighted by molar-refractivity contribution is 6.30. The second-order valence-electron chi connectivity index (χ2n) is 4.11. The van der Waals surface area contributed by atoms with Crippen molar-refractivity contribution in [2.45, 2.75) is 38.6 Å². The van der Waals surface area contributed by atoms with Crippen molar-refractivity contribution in [3.8, 4) is 5.75 Å². The lowest BCUT2D eigenvalue weighted by Gasteiger charge is -2.17. The van der Waals surface area contributed by atoms with Crippen LogP contribution in [0.5, 0.6) is 5.75 Å². The van der Waals surface area contributed by atoms with Gasteiger partial charge in [-0.1, -0.05) is 19.1 Å². The quantitative estimate of drug-likeness (QED) is 0.805. The number of hydrogen-bond donors (Lipinski definition) is 1. The second kappa shape index (κ2) is 7.27. The van der Waals surface area contributed by atoms with Crippen LogP contribution in [0.25, 0.3) is 0 Å². The van der Waals surface area contributed by atoms with Crippen LogP contribution in [0, 0.1) is 0 Å². The topological polar surface area (TPSA) is 38.3 Å². The van der Waals surface area contributed by atoms with E-state index in [0.29, 0.717) is 13.0 Å². The molecule has 0 fully saturated rings. The molecule has 0 aliphatic heterocycles. The van der Waals surface area contributed by atoms with Crippen LogP contribution >= 0.6 is 11.6 Å². The molecule has 0 aliphatic carbocycles. The van der Waals surface area contributed by atoms with E-state index in [9.17, 15) is 4.79 Å². The average Bonchev–Trinajstić information content (AvgIpc) is 2.38. The minimum Gasteiger partial charge on any atom is -0.494 e. The first-order valence-corrected chi connectivity index (χ1v) is 6.69. The molecule has 1 rings (SSSR count). The maximum atomic E-state index is 11.7. The number of benzene rings is 1. The summed E-state index contributed by atoms with van der Waals surface area (Å²) in [4.78, 5) is 11.7. The fraction of sp³-hybridized carbons (Fsp3) is 0.500. The smallest absolute Gasteiger partial charge is 0.238 e. The molecule has 0 saturated heterocycles. The molecule has 1 unspecified atom stereocenters. The van der Waals surface area contributed by atoms with E-state index in [2.05, 4.69) is 5.32 Å². The van der Waals surface area contributed by atoms with Gasteiger partial charge in [0.2, 0.25) is 5.91 Å². The van der Waals surface area contributed by atoms with Crippen LogP contribution in [-0.2, 0) is 4.79 Å². The van der Waals surface area contributed by atoms with Gasteiger partial charge in [0, 0.05) is 0 Å². The van der Waals surface area contributed by atoms with Crippen molar-refractivity contribution in [3.05, 3.63) is 29.8 Å². The number of halogens is 1. The second-order valence-corrected chi connectivity index (χ2v) is 4.64. The van der Waals surface area contributed by atoms with Gasteiger partial charge >= 0.3 is 0 Å². The largest absolute Gasteiger partial charge is 0.494 e. The Morgan fingerprint density at radius 1 is 1.44 bits per heavy atom. The SMILES string of the molecule is CCOc1cccc(C(C)NC(=O)[C@H](Cl)CC)c1. The Bertz CT molecular complexity index is 395. The number of alkyl halides is 1. The Hall–Kier alpha value is -1.22. The molecule has 18 heavy (non-hydrogen) atoms. The molecule has 0 bridgehead atoms. The first kappa shape index (κ1) is 14.8. The fourth-order valence-electron chi connectivity index (χ4n) is 1.61. The molecular formula is C14H20ClNO2. The van der Waals surface area contributed by atoms with E-state index < -0.39 is 5.38 Å². The molecule has 4 heteroatoms. The van der Waals surface area contributed by atoms with E-state index in [4.69, 9.17) is 16.3 Å². The van der Waals surface area contributed by atoms with Gasteiger partial charge in [0.25, 0.3) is 0 Å². The van der Waals surface area contributed by atoms with Gasteiger partial charge in [0.1, 0.15) is 11.1 Å². The molecule has 1 aromatic carbocycles.